The summed E-state index contributed by atoms with van der Waals surface area (Å²) in [6.07, 6.45) is 3.18. The minimum atomic E-state index is -0.322. The molecular weight excluding hydrogens is 265 g/mol. The van der Waals surface area contributed by atoms with E-state index in [1.165, 1.54) is 18.2 Å². The highest BCUT2D eigenvalue weighted by Crippen LogP contribution is 2.26. The van der Waals surface area contributed by atoms with Gasteiger partial charge in [0.05, 0.1) is 0 Å². The fraction of sp³-hybridized carbons (Fsp3) is 0.214. The van der Waals surface area contributed by atoms with Crippen LogP contribution in [0.3, 0.4) is 0 Å². The van der Waals surface area contributed by atoms with Crippen molar-refractivity contribution in [1.29, 1.82) is 0 Å². The van der Waals surface area contributed by atoms with Crippen molar-refractivity contribution in [1.82, 2.24) is 10.4 Å². The molecule has 3 N–H and O–H groups in total. The zero-order valence-corrected chi connectivity index (χ0v) is 11.1. The molecule has 1 unspecified atom stereocenters. The molecule has 19 heavy (non-hydrogen) atoms. The van der Waals surface area contributed by atoms with E-state index in [2.05, 4.69) is 10.4 Å². The van der Waals surface area contributed by atoms with Gasteiger partial charge in [-0.15, -0.1) is 0 Å². The first-order valence-electron chi connectivity index (χ1n) is 6.01. The van der Waals surface area contributed by atoms with Gasteiger partial charge in [-0.25, -0.2) is 4.39 Å². The van der Waals surface area contributed by atoms with Crippen molar-refractivity contribution < 1.29 is 4.39 Å². The Kier molecular flexibility index (Phi) is 4.85. The summed E-state index contributed by atoms with van der Waals surface area (Å²) in [4.78, 5) is 4.24. The molecular formula is C14H15ClFN3. The summed E-state index contributed by atoms with van der Waals surface area (Å²) in [5.41, 5.74) is 4.31. The van der Waals surface area contributed by atoms with E-state index < -0.39 is 0 Å². The third-order valence-electron chi connectivity index (χ3n) is 2.95. The van der Waals surface area contributed by atoms with Gasteiger partial charge < -0.3 is 0 Å². The molecule has 1 aromatic heterocycles. The monoisotopic (exact) mass is 279 g/mol. The SMILES string of the molecule is NNC(CCc1ccccn1)c1cc(F)ccc1Cl. The highest BCUT2D eigenvalue weighted by Gasteiger charge is 2.14. The largest absolute Gasteiger partial charge is 0.271 e. The van der Waals surface area contributed by atoms with Crippen LogP contribution in [0.15, 0.2) is 42.6 Å². The number of hydrogen-bond acceptors (Lipinski definition) is 3. The average molecular weight is 280 g/mol. The van der Waals surface area contributed by atoms with Gasteiger partial charge in [0.1, 0.15) is 5.82 Å². The lowest BCUT2D eigenvalue weighted by Gasteiger charge is -2.17. The van der Waals surface area contributed by atoms with E-state index >= 15 is 0 Å². The fourth-order valence-electron chi connectivity index (χ4n) is 1.95. The number of aryl methyl sites for hydroxylation is 1. The molecule has 0 spiro atoms. The second-order valence-corrected chi connectivity index (χ2v) is 4.65. The van der Waals surface area contributed by atoms with Crippen LogP contribution < -0.4 is 11.3 Å². The molecule has 0 aliphatic heterocycles. The van der Waals surface area contributed by atoms with Gasteiger partial charge >= 0.3 is 0 Å². The van der Waals surface area contributed by atoms with Crippen LogP contribution in [0.4, 0.5) is 4.39 Å². The van der Waals surface area contributed by atoms with E-state index in [1.54, 1.807) is 6.20 Å². The Balaban J connectivity index is 2.10. The summed E-state index contributed by atoms with van der Waals surface area (Å²) in [5.74, 6) is 5.21. The van der Waals surface area contributed by atoms with Gasteiger partial charge in [-0.2, -0.15) is 0 Å². The van der Waals surface area contributed by atoms with E-state index in [0.717, 1.165) is 12.1 Å². The second-order valence-electron chi connectivity index (χ2n) is 4.24. The Labute approximate surface area is 116 Å². The molecule has 0 saturated heterocycles. The van der Waals surface area contributed by atoms with Gasteiger partial charge in [-0.05, 0) is 48.7 Å². The molecule has 2 rings (SSSR count). The van der Waals surface area contributed by atoms with Crippen LogP contribution in [0.1, 0.15) is 23.7 Å². The van der Waals surface area contributed by atoms with Crippen molar-refractivity contribution in [3.63, 3.8) is 0 Å². The van der Waals surface area contributed by atoms with Crippen LogP contribution in [-0.4, -0.2) is 4.98 Å². The number of rotatable bonds is 5. The highest BCUT2D eigenvalue weighted by molar-refractivity contribution is 6.31. The zero-order valence-electron chi connectivity index (χ0n) is 10.3. The van der Waals surface area contributed by atoms with Crippen molar-refractivity contribution in [2.75, 3.05) is 0 Å². The fourth-order valence-corrected chi connectivity index (χ4v) is 2.20. The lowest BCUT2D eigenvalue weighted by Crippen LogP contribution is -2.28. The number of halogens is 2. The minimum Gasteiger partial charge on any atom is -0.271 e. The van der Waals surface area contributed by atoms with Crippen LogP contribution in [0.2, 0.25) is 5.02 Å². The predicted octanol–water partition coefficient (Wildman–Crippen LogP) is 3.01. The van der Waals surface area contributed by atoms with Crippen LogP contribution in [0.25, 0.3) is 0 Å². The number of aromatic nitrogens is 1. The Hall–Kier alpha value is -1.49. The van der Waals surface area contributed by atoms with Crippen LogP contribution in [0.5, 0.6) is 0 Å². The Morgan fingerprint density at radius 2 is 2.16 bits per heavy atom. The molecule has 0 saturated carbocycles. The lowest BCUT2D eigenvalue weighted by molar-refractivity contribution is 0.509. The number of nitrogens with two attached hydrogens (primary N) is 1. The van der Waals surface area contributed by atoms with Crippen LogP contribution >= 0.6 is 11.6 Å². The number of benzene rings is 1. The summed E-state index contributed by atoms with van der Waals surface area (Å²) in [6, 6.07) is 9.82. The molecule has 1 atom stereocenters. The molecule has 100 valence electrons. The van der Waals surface area contributed by atoms with Gasteiger partial charge in [0, 0.05) is 23.0 Å². The van der Waals surface area contributed by atoms with Gasteiger partial charge in [0.15, 0.2) is 0 Å². The van der Waals surface area contributed by atoms with Crippen molar-refractivity contribution in [3.05, 3.63) is 64.7 Å². The molecule has 0 fully saturated rings. The van der Waals surface area contributed by atoms with E-state index in [9.17, 15) is 4.39 Å². The first kappa shape index (κ1) is 13.9. The maximum absolute atomic E-state index is 13.3. The Bertz CT molecular complexity index is 533. The number of hydrogen-bond donors (Lipinski definition) is 2. The predicted molar refractivity (Wildman–Crippen MR) is 74.0 cm³/mol. The number of nitrogens with one attached hydrogen (secondary N) is 1. The van der Waals surface area contributed by atoms with Crippen molar-refractivity contribution in [2.24, 2.45) is 5.84 Å². The zero-order chi connectivity index (χ0) is 13.7. The van der Waals surface area contributed by atoms with Gasteiger partial charge in [-0.1, -0.05) is 17.7 Å². The number of hydrazine groups is 1. The lowest BCUT2D eigenvalue weighted by atomic mass is 10.0. The van der Waals surface area contributed by atoms with E-state index in [0.29, 0.717) is 17.0 Å². The molecule has 0 bridgehead atoms. The molecule has 0 aliphatic rings. The first-order valence-corrected chi connectivity index (χ1v) is 6.39. The molecule has 3 nitrogen and oxygen atoms in total. The van der Waals surface area contributed by atoms with E-state index in [4.69, 9.17) is 17.4 Å². The normalized spacial score (nSPS) is 12.4. The van der Waals surface area contributed by atoms with E-state index in [-0.39, 0.29) is 11.9 Å². The minimum absolute atomic E-state index is 0.204. The number of nitrogens with zero attached hydrogens (tertiary/aromatic N) is 1. The Morgan fingerprint density at radius 3 is 2.84 bits per heavy atom. The van der Waals surface area contributed by atoms with Gasteiger partial charge in [-0.3, -0.25) is 16.3 Å². The summed E-state index contributed by atoms with van der Waals surface area (Å²) in [6.45, 7) is 0. The molecule has 1 aromatic carbocycles. The van der Waals surface area contributed by atoms with Crippen molar-refractivity contribution in [2.45, 2.75) is 18.9 Å². The van der Waals surface area contributed by atoms with Crippen molar-refractivity contribution in [3.8, 4) is 0 Å². The molecule has 0 amide bonds. The molecule has 2 aromatic rings. The topological polar surface area (TPSA) is 50.9 Å². The third-order valence-corrected chi connectivity index (χ3v) is 3.29. The molecule has 0 radical (unpaired) electrons. The summed E-state index contributed by atoms with van der Waals surface area (Å²) < 4.78 is 13.3. The maximum Gasteiger partial charge on any atom is 0.123 e. The quantitative estimate of drug-likeness (QED) is 0.653. The van der Waals surface area contributed by atoms with Gasteiger partial charge in [0.25, 0.3) is 0 Å². The molecule has 5 heteroatoms. The summed E-state index contributed by atoms with van der Waals surface area (Å²) in [5, 5.41) is 0.505. The Morgan fingerprint density at radius 1 is 1.32 bits per heavy atom. The smallest absolute Gasteiger partial charge is 0.123 e. The average Bonchev–Trinajstić information content (AvgIpc) is 2.44. The van der Waals surface area contributed by atoms with Crippen LogP contribution in [-0.2, 0) is 6.42 Å². The van der Waals surface area contributed by atoms with Gasteiger partial charge in [0.2, 0.25) is 0 Å². The van der Waals surface area contributed by atoms with Crippen molar-refractivity contribution >= 4 is 11.6 Å². The van der Waals surface area contributed by atoms with Crippen LogP contribution in [0, 0.1) is 5.82 Å². The summed E-state index contributed by atoms with van der Waals surface area (Å²) in [7, 11) is 0. The maximum atomic E-state index is 13.3. The number of pyridine rings is 1. The first-order chi connectivity index (χ1) is 9.20. The standard InChI is InChI=1S/C14H15ClFN3/c15-13-6-4-10(16)9-12(13)14(19-17)7-5-11-3-1-2-8-18-11/h1-4,6,8-9,14,19H,5,7,17H2. The molecule has 0 aliphatic carbocycles. The molecule has 1 heterocycles. The second kappa shape index (κ2) is 6.61. The third kappa shape index (κ3) is 3.73. The summed E-state index contributed by atoms with van der Waals surface area (Å²) >= 11 is 6.07. The van der Waals surface area contributed by atoms with E-state index in [1.807, 2.05) is 18.2 Å². The highest BCUT2D eigenvalue weighted by atomic mass is 35.5.